The predicted octanol–water partition coefficient (Wildman–Crippen LogP) is 4.82. The third-order valence-corrected chi connectivity index (χ3v) is 5.09. The summed E-state index contributed by atoms with van der Waals surface area (Å²) in [5.74, 6) is 0.124. The van der Waals surface area contributed by atoms with Crippen LogP contribution in [-0.4, -0.2) is 30.1 Å². The number of H-pyrrole nitrogens is 1. The van der Waals surface area contributed by atoms with Gasteiger partial charge in [-0.25, -0.2) is 0 Å². The summed E-state index contributed by atoms with van der Waals surface area (Å²) in [6.07, 6.45) is 0.175. The smallest absolute Gasteiger partial charge is 0.308 e. The number of fused-ring (bicyclic) bond motifs is 3. The minimum absolute atomic E-state index is 0.318. The van der Waals surface area contributed by atoms with Gasteiger partial charge in [0.15, 0.2) is 11.5 Å². The lowest BCUT2D eigenvalue weighted by Crippen LogP contribution is -2.16. The molecular formula is C21H22BrNO5. The summed E-state index contributed by atoms with van der Waals surface area (Å²) in [6, 6.07) is 5.86. The lowest BCUT2D eigenvalue weighted by Gasteiger charge is -2.19. The number of hydrogen-bond acceptors (Lipinski definition) is 5. The number of hydrogen-bond donors (Lipinski definition) is 1. The Morgan fingerprint density at radius 2 is 1.89 bits per heavy atom. The van der Waals surface area contributed by atoms with Crippen molar-refractivity contribution in [2.75, 3.05) is 7.11 Å². The molecular weight excluding hydrogens is 426 g/mol. The van der Waals surface area contributed by atoms with Crippen LogP contribution in [0, 0.1) is 6.92 Å². The van der Waals surface area contributed by atoms with Crippen LogP contribution in [0.15, 0.2) is 22.7 Å². The van der Waals surface area contributed by atoms with E-state index in [4.69, 9.17) is 14.2 Å². The summed E-state index contributed by atoms with van der Waals surface area (Å²) >= 11 is 3.50. The van der Waals surface area contributed by atoms with Gasteiger partial charge in [-0.15, -0.1) is 0 Å². The predicted molar refractivity (Wildman–Crippen MR) is 111 cm³/mol. The van der Waals surface area contributed by atoms with Crippen molar-refractivity contribution in [3.8, 4) is 11.5 Å². The molecule has 0 radical (unpaired) electrons. The number of benzene rings is 2. The molecule has 0 amide bonds. The van der Waals surface area contributed by atoms with Crippen LogP contribution < -0.4 is 9.47 Å². The quantitative estimate of drug-likeness (QED) is 0.447. The van der Waals surface area contributed by atoms with E-state index in [2.05, 4.69) is 20.9 Å². The third-order valence-electron chi connectivity index (χ3n) is 4.60. The molecule has 0 saturated carbocycles. The molecule has 3 rings (SSSR count). The van der Waals surface area contributed by atoms with Gasteiger partial charge in [-0.1, -0.05) is 15.9 Å². The minimum atomic E-state index is -0.427. The van der Waals surface area contributed by atoms with Crippen molar-refractivity contribution < 1.29 is 23.8 Å². The van der Waals surface area contributed by atoms with E-state index in [9.17, 15) is 9.59 Å². The van der Waals surface area contributed by atoms with E-state index < -0.39 is 5.97 Å². The number of aromatic amines is 1. The van der Waals surface area contributed by atoms with Crippen molar-refractivity contribution in [3.63, 3.8) is 0 Å². The number of methoxy groups -OCH3 is 1. The molecule has 0 spiro atoms. The van der Waals surface area contributed by atoms with Gasteiger partial charge in [-0.3, -0.25) is 9.59 Å². The Labute approximate surface area is 171 Å². The molecule has 7 heteroatoms. The molecule has 1 atom stereocenters. The maximum Gasteiger partial charge on any atom is 0.308 e. The van der Waals surface area contributed by atoms with Crippen LogP contribution in [0.3, 0.4) is 0 Å². The molecule has 0 saturated heterocycles. The second-order valence-corrected chi connectivity index (χ2v) is 7.66. The van der Waals surface area contributed by atoms with Crippen LogP contribution >= 0.6 is 15.9 Å². The molecule has 0 unspecified atom stereocenters. The first kappa shape index (κ1) is 20.2. The molecule has 0 aliphatic carbocycles. The highest BCUT2D eigenvalue weighted by Crippen LogP contribution is 2.45. The van der Waals surface area contributed by atoms with Crippen molar-refractivity contribution in [2.24, 2.45) is 0 Å². The van der Waals surface area contributed by atoms with E-state index in [1.165, 1.54) is 13.8 Å². The number of halogens is 1. The average molecular weight is 448 g/mol. The van der Waals surface area contributed by atoms with Gasteiger partial charge < -0.3 is 19.2 Å². The van der Waals surface area contributed by atoms with Crippen LogP contribution in [0.4, 0.5) is 0 Å². The summed E-state index contributed by atoms with van der Waals surface area (Å²) in [5, 5.41) is 1.67. The molecule has 0 aliphatic heterocycles. The first-order chi connectivity index (χ1) is 13.2. The average Bonchev–Trinajstić information content (AvgIpc) is 2.96. The Balaban J connectivity index is 2.37. The molecule has 148 valence electrons. The monoisotopic (exact) mass is 447 g/mol. The van der Waals surface area contributed by atoms with Crippen molar-refractivity contribution in [2.45, 2.75) is 40.2 Å². The minimum Gasteiger partial charge on any atom is -0.493 e. The Kier molecular flexibility index (Phi) is 5.65. The van der Waals surface area contributed by atoms with Crippen molar-refractivity contribution >= 4 is 49.7 Å². The van der Waals surface area contributed by atoms with E-state index >= 15 is 0 Å². The van der Waals surface area contributed by atoms with E-state index in [0.29, 0.717) is 17.9 Å². The number of carbonyl (C=O) groups excluding carboxylic acids is 2. The Morgan fingerprint density at radius 3 is 2.50 bits per heavy atom. The third kappa shape index (κ3) is 3.71. The first-order valence-electron chi connectivity index (χ1n) is 8.88. The van der Waals surface area contributed by atoms with E-state index in [1.54, 1.807) is 7.11 Å². The number of esters is 2. The summed E-state index contributed by atoms with van der Waals surface area (Å²) < 4.78 is 17.4. The van der Waals surface area contributed by atoms with Crippen LogP contribution in [0.5, 0.6) is 11.5 Å². The summed E-state index contributed by atoms with van der Waals surface area (Å²) in [6.45, 7) is 6.51. The Bertz CT molecular complexity index is 1090. The zero-order chi connectivity index (χ0) is 20.6. The first-order valence-corrected chi connectivity index (χ1v) is 9.68. The zero-order valence-electron chi connectivity index (χ0n) is 16.4. The number of ether oxygens (including phenoxy) is 3. The summed E-state index contributed by atoms with van der Waals surface area (Å²) in [4.78, 5) is 26.6. The Hall–Kier alpha value is -2.54. The maximum absolute atomic E-state index is 11.8. The second kappa shape index (κ2) is 7.83. The Morgan fingerprint density at radius 1 is 1.18 bits per heavy atom. The molecule has 2 aromatic carbocycles. The van der Waals surface area contributed by atoms with Crippen LogP contribution in [-0.2, 0) is 20.7 Å². The zero-order valence-corrected chi connectivity index (χ0v) is 18.0. The fraction of sp³-hybridized carbons (Fsp3) is 0.333. The van der Waals surface area contributed by atoms with Gasteiger partial charge in [-0.05, 0) is 37.6 Å². The summed E-state index contributed by atoms with van der Waals surface area (Å²) in [7, 11) is 1.55. The lowest BCUT2D eigenvalue weighted by molar-refractivity contribution is -0.145. The number of carbonyl (C=O) groups is 2. The molecule has 0 bridgehead atoms. The maximum atomic E-state index is 11.8. The number of nitrogens with one attached hydrogen (secondary N) is 1. The second-order valence-electron chi connectivity index (χ2n) is 6.75. The molecule has 3 aromatic rings. The van der Waals surface area contributed by atoms with Crippen molar-refractivity contribution in [1.29, 1.82) is 0 Å². The standard InChI is InChI=1S/C21H22BrNO5/c1-10(27-12(3)24)8-15-11(2)20(26-5)21(28-13(4)25)18-16-9-14(22)6-7-17(16)23-19(15)18/h6-7,9-10,23H,8H2,1-5H3/t10-/m1/s1. The fourth-order valence-electron chi connectivity index (χ4n) is 3.59. The molecule has 1 N–H and O–H groups in total. The highest BCUT2D eigenvalue weighted by molar-refractivity contribution is 9.10. The molecule has 6 nitrogen and oxygen atoms in total. The van der Waals surface area contributed by atoms with Gasteiger partial charge in [0.05, 0.1) is 18.0 Å². The number of aromatic nitrogens is 1. The molecule has 0 aliphatic rings. The molecule has 1 aromatic heterocycles. The highest BCUT2D eigenvalue weighted by Gasteiger charge is 2.25. The van der Waals surface area contributed by atoms with Crippen molar-refractivity contribution in [1.82, 2.24) is 4.98 Å². The van der Waals surface area contributed by atoms with Gasteiger partial charge in [0, 0.05) is 41.2 Å². The van der Waals surface area contributed by atoms with Gasteiger partial charge in [-0.2, -0.15) is 0 Å². The van der Waals surface area contributed by atoms with E-state index in [-0.39, 0.29) is 12.1 Å². The van der Waals surface area contributed by atoms with E-state index in [0.717, 1.165) is 37.4 Å². The van der Waals surface area contributed by atoms with Crippen LogP contribution in [0.25, 0.3) is 21.8 Å². The van der Waals surface area contributed by atoms with Gasteiger partial charge >= 0.3 is 11.9 Å². The SMILES string of the molecule is COc1c(C)c(C[C@@H](C)OC(C)=O)c2[nH]c3ccc(Br)cc3c2c1OC(C)=O. The highest BCUT2D eigenvalue weighted by atomic mass is 79.9. The normalized spacial score (nSPS) is 12.2. The van der Waals surface area contributed by atoms with Gasteiger partial charge in [0.1, 0.15) is 6.10 Å². The van der Waals surface area contributed by atoms with Crippen LogP contribution in [0.1, 0.15) is 31.9 Å². The molecule has 1 heterocycles. The topological polar surface area (TPSA) is 77.6 Å². The lowest BCUT2D eigenvalue weighted by atomic mass is 9.97. The van der Waals surface area contributed by atoms with Gasteiger partial charge in [0.2, 0.25) is 0 Å². The molecule has 28 heavy (non-hydrogen) atoms. The summed E-state index contributed by atoms with van der Waals surface area (Å²) in [5.41, 5.74) is 3.52. The largest absolute Gasteiger partial charge is 0.493 e. The van der Waals surface area contributed by atoms with Gasteiger partial charge in [0.25, 0.3) is 0 Å². The van der Waals surface area contributed by atoms with E-state index in [1.807, 2.05) is 32.0 Å². The molecule has 0 fully saturated rings. The fourth-order valence-corrected chi connectivity index (χ4v) is 3.95. The van der Waals surface area contributed by atoms with Crippen molar-refractivity contribution in [3.05, 3.63) is 33.8 Å². The van der Waals surface area contributed by atoms with Crippen LogP contribution in [0.2, 0.25) is 0 Å². The number of rotatable bonds is 5.